The largest absolute Gasteiger partial charge is 0.443 e. The zero-order valence-electron chi connectivity index (χ0n) is 13.1. The lowest BCUT2D eigenvalue weighted by atomic mass is 10.1. The molecule has 0 spiro atoms. The molecule has 1 rings (SSSR count). The highest BCUT2D eigenvalue weighted by molar-refractivity contribution is 6.76. The van der Waals surface area contributed by atoms with Gasteiger partial charge in [0.25, 0.3) is 0 Å². The summed E-state index contributed by atoms with van der Waals surface area (Å²) in [6.07, 6.45) is -1.10. The van der Waals surface area contributed by atoms with E-state index in [2.05, 4.69) is 24.7 Å². The van der Waals surface area contributed by atoms with Gasteiger partial charge in [0.05, 0.1) is 5.69 Å². The molecule has 1 aromatic heterocycles. The van der Waals surface area contributed by atoms with E-state index in [-0.39, 0.29) is 6.73 Å². The minimum Gasteiger partial charge on any atom is -0.443 e. The summed E-state index contributed by atoms with van der Waals surface area (Å²) in [5.41, 5.74) is 5.47. The average Bonchev–Trinajstić information content (AvgIpc) is 2.79. The van der Waals surface area contributed by atoms with Crippen molar-refractivity contribution in [3.05, 3.63) is 18.0 Å². The maximum Gasteiger partial charge on any atom is 0.404 e. The predicted octanol–water partition coefficient (Wildman–Crippen LogP) is 1.71. The first-order valence-corrected chi connectivity index (χ1v) is 10.6. The Hall–Kier alpha value is -1.38. The van der Waals surface area contributed by atoms with Crippen LogP contribution in [0.25, 0.3) is 0 Å². The number of aliphatic hydroxyl groups excluding tert-OH is 1. The lowest BCUT2D eigenvalue weighted by Crippen LogP contribution is -2.27. The van der Waals surface area contributed by atoms with Gasteiger partial charge in [0.2, 0.25) is 0 Å². The summed E-state index contributed by atoms with van der Waals surface area (Å²) in [7, 11) is -1.13. The fourth-order valence-corrected chi connectivity index (χ4v) is 2.48. The smallest absolute Gasteiger partial charge is 0.404 e. The maximum atomic E-state index is 10.7. The van der Waals surface area contributed by atoms with E-state index in [9.17, 15) is 9.90 Å². The number of hydrogen-bond acceptors (Lipinski definition) is 5. The van der Waals surface area contributed by atoms with Crippen molar-refractivity contribution in [2.24, 2.45) is 5.73 Å². The summed E-state index contributed by atoms with van der Waals surface area (Å²) in [5.74, 6) is 0. The molecule has 7 nitrogen and oxygen atoms in total. The molecule has 3 N–H and O–H groups in total. The molecule has 1 heterocycles. The van der Waals surface area contributed by atoms with Crippen LogP contribution in [-0.2, 0) is 16.2 Å². The van der Waals surface area contributed by atoms with Gasteiger partial charge in [-0.05, 0) is 19.0 Å². The van der Waals surface area contributed by atoms with Crippen molar-refractivity contribution in [1.29, 1.82) is 0 Å². The molecule has 1 aromatic rings. The molecular weight excluding hydrogens is 290 g/mol. The number of ether oxygens (including phenoxy) is 2. The highest BCUT2D eigenvalue weighted by Crippen LogP contribution is 2.19. The van der Waals surface area contributed by atoms with Gasteiger partial charge in [-0.3, -0.25) is 0 Å². The molecule has 0 radical (unpaired) electrons. The van der Waals surface area contributed by atoms with Crippen molar-refractivity contribution in [3.63, 3.8) is 0 Å². The fourth-order valence-electron chi connectivity index (χ4n) is 1.72. The topological polar surface area (TPSA) is 99.6 Å². The van der Waals surface area contributed by atoms with Crippen LogP contribution in [0.5, 0.6) is 0 Å². The van der Waals surface area contributed by atoms with Crippen LogP contribution < -0.4 is 5.73 Å². The first-order chi connectivity index (χ1) is 9.70. The molecular formula is C13H25N3O4Si. The van der Waals surface area contributed by atoms with Crippen molar-refractivity contribution in [3.8, 4) is 0 Å². The molecule has 2 atom stereocenters. The minimum absolute atomic E-state index is 0.257. The van der Waals surface area contributed by atoms with Gasteiger partial charge in [-0.15, -0.1) is 0 Å². The number of aromatic nitrogens is 2. The van der Waals surface area contributed by atoms with E-state index in [0.29, 0.717) is 12.3 Å². The van der Waals surface area contributed by atoms with Crippen molar-refractivity contribution >= 4 is 14.2 Å². The van der Waals surface area contributed by atoms with Gasteiger partial charge in [-0.2, -0.15) is 5.10 Å². The van der Waals surface area contributed by atoms with Gasteiger partial charge >= 0.3 is 6.09 Å². The van der Waals surface area contributed by atoms with E-state index in [1.807, 2.05) is 0 Å². The number of carbonyl (C=O) groups excluding carboxylic acids is 1. The Morgan fingerprint density at radius 1 is 1.52 bits per heavy atom. The van der Waals surface area contributed by atoms with Crippen LogP contribution in [0, 0.1) is 0 Å². The Balaban J connectivity index is 2.54. The van der Waals surface area contributed by atoms with E-state index in [4.69, 9.17) is 15.2 Å². The van der Waals surface area contributed by atoms with Gasteiger partial charge in [0.1, 0.15) is 18.9 Å². The van der Waals surface area contributed by atoms with Gasteiger partial charge in [0.15, 0.2) is 0 Å². The number of carbonyl (C=O) groups is 1. The van der Waals surface area contributed by atoms with Crippen LogP contribution in [0.15, 0.2) is 12.3 Å². The van der Waals surface area contributed by atoms with E-state index in [1.165, 1.54) is 0 Å². The average molecular weight is 315 g/mol. The maximum absolute atomic E-state index is 10.7. The second-order valence-electron chi connectivity index (χ2n) is 6.19. The molecule has 0 saturated heterocycles. The quantitative estimate of drug-likeness (QED) is 0.562. The van der Waals surface area contributed by atoms with Gasteiger partial charge in [-0.1, -0.05) is 19.6 Å². The summed E-state index contributed by atoms with van der Waals surface area (Å²) in [6.45, 7) is 9.33. The molecule has 8 heteroatoms. The lowest BCUT2D eigenvalue weighted by molar-refractivity contribution is 0.00414. The lowest BCUT2D eigenvalue weighted by Gasteiger charge is -2.20. The number of hydrogen-bond donors (Lipinski definition) is 2. The van der Waals surface area contributed by atoms with Crippen molar-refractivity contribution in [2.75, 3.05) is 6.61 Å². The second kappa shape index (κ2) is 7.58. The summed E-state index contributed by atoms with van der Waals surface area (Å²) in [6, 6.07) is 2.72. The number of amides is 1. The standard InChI is InChI=1S/C13H25N3O4Si/c1-10(20-13(14)18)12(17)11-5-6-15-16(11)9-19-7-8-21(2,3)4/h5-6,10,12,17H,7-9H2,1-4H3,(H2,14,18)/t10-,12?/m0/s1. The van der Waals surface area contributed by atoms with Crippen molar-refractivity contribution in [2.45, 2.75) is 51.5 Å². The Bertz CT molecular complexity index is 459. The molecule has 1 amide bonds. The molecule has 0 aliphatic heterocycles. The zero-order chi connectivity index (χ0) is 16.0. The molecule has 120 valence electrons. The first-order valence-electron chi connectivity index (χ1n) is 6.94. The SMILES string of the molecule is C[C@H](OC(N)=O)C(O)c1ccnn1COCC[Si](C)(C)C. The number of rotatable bonds is 8. The normalized spacial score (nSPS) is 14.7. The highest BCUT2D eigenvalue weighted by Gasteiger charge is 2.23. The number of primary amides is 1. The molecule has 0 aromatic carbocycles. The Morgan fingerprint density at radius 2 is 2.19 bits per heavy atom. The van der Waals surface area contributed by atoms with Crippen LogP contribution in [-0.4, -0.2) is 41.8 Å². The van der Waals surface area contributed by atoms with Crippen LogP contribution in [0.3, 0.4) is 0 Å². The van der Waals surface area contributed by atoms with Gasteiger partial charge < -0.3 is 20.3 Å². The van der Waals surface area contributed by atoms with E-state index in [1.54, 1.807) is 23.9 Å². The van der Waals surface area contributed by atoms with Crippen LogP contribution in [0.2, 0.25) is 25.7 Å². The third-order valence-corrected chi connectivity index (χ3v) is 4.71. The highest BCUT2D eigenvalue weighted by atomic mass is 28.3. The Kier molecular flexibility index (Phi) is 6.37. The number of aliphatic hydroxyl groups is 1. The van der Waals surface area contributed by atoms with E-state index >= 15 is 0 Å². The Morgan fingerprint density at radius 3 is 2.76 bits per heavy atom. The van der Waals surface area contributed by atoms with Crippen molar-refractivity contribution in [1.82, 2.24) is 9.78 Å². The Labute approximate surface area is 126 Å². The second-order valence-corrected chi connectivity index (χ2v) is 11.8. The summed E-state index contributed by atoms with van der Waals surface area (Å²) >= 11 is 0. The minimum atomic E-state index is -1.13. The van der Waals surface area contributed by atoms with Crippen LogP contribution in [0.4, 0.5) is 4.79 Å². The van der Waals surface area contributed by atoms with E-state index in [0.717, 1.165) is 6.04 Å². The molecule has 21 heavy (non-hydrogen) atoms. The van der Waals surface area contributed by atoms with Crippen LogP contribution in [0.1, 0.15) is 18.7 Å². The number of nitrogens with two attached hydrogens (primary N) is 1. The monoisotopic (exact) mass is 315 g/mol. The molecule has 0 aliphatic carbocycles. The molecule has 0 saturated carbocycles. The molecule has 1 unspecified atom stereocenters. The zero-order valence-corrected chi connectivity index (χ0v) is 14.1. The fraction of sp³-hybridized carbons (Fsp3) is 0.692. The number of nitrogens with zero attached hydrogens (tertiary/aromatic N) is 2. The molecule has 0 bridgehead atoms. The van der Waals surface area contributed by atoms with Gasteiger partial charge in [-0.25, -0.2) is 9.48 Å². The predicted molar refractivity (Wildman–Crippen MR) is 81.4 cm³/mol. The third kappa shape index (κ3) is 6.28. The van der Waals surface area contributed by atoms with Crippen LogP contribution >= 0.6 is 0 Å². The summed E-state index contributed by atoms with van der Waals surface area (Å²) in [5, 5.41) is 14.3. The summed E-state index contributed by atoms with van der Waals surface area (Å²) < 4.78 is 11.9. The molecule has 0 fully saturated rings. The third-order valence-electron chi connectivity index (χ3n) is 3.01. The van der Waals surface area contributed by atoms with E-state index < -0.39 is 26.4 Å². The van der Waals surface area contributed by atoms with Gasteiger partial charge in [0, 0.05) is 20.9 Å². The summed E-state index contributed by atoms with van der Waals surface area (Å²) in [4.78, 5) is 10.7. The van der Waals surface area contributed by atoms with Crippen molar-refractivity contribution < 1.29 is 19.4 Å². The first kappa shape index (κ1) is 17.7. The molecule has 0 aliphatic rings.